The molecule has 0 aromatic rings. The van der Waals surface area contributed by atoms with Crippen LogP contribution in [0.15, 0.2) is 0 Å². The van der Waals surface area contributed by atoms with E-state index < -0.39 is 0 Å². The number of piperidine rings is 2. The van der Waals surface area contributed by atoms with Crippen LogP contribution in [-0.4, -0.2) is 79.0 Å². The molecule has 0 aromatic carbocycles. The van der Waals surface area contributed by atoms with Crippen LogP contribution in [0.1, 0.15) is 32.1 Å². The number of likely N-dealkylation sites (N-methyl/N-ethyl adjacent to an activating group) is 1. The van der Waals surface area contributed by atoms with Crippen LogP contribution in [0, 0.1) is 5.92 Å². The summed E-state index contributed by atoms with van der Waals surface area (Å²) in [5.74, 6) is 0.741. The summed E-state index contributed by atoms with van der Waals surface area (Å²) >= 11 is 0. The molecule has 0 aliphatic carbocycles. The Morgan fingerprint density at radius 3 is 2.61 bits per heavy atom. The molecule has 3 amide bonds. The van der Waals surface area contributed by atoms with Crippen LogP contribution in [0.25, 0.3) is 0 Å². The predicted octanol–water partition coefficient (Wildman–Crippen LogP) is 1.16. The number of hydrogen-bond acceptors (Lipinski definition) is 3. The van der Waals surface area contributed by atoms with Gasteiger partial charge < -0.3 is 20.0 Å². The molecule has 7 heteroatoms. The zero-order chi connectivity index (χ0) is 15.5. The summed E-state index contributed by atoms with van der Waals surface area (Å²) in [6.07, 6.45) is 4.77. The molecular formula is C16H29ClN4O2. The molecule has 3 saturated heterocycles. The highest BCUT2D eigenvalue weighted by atomic mass is 35.5. The fraction of sp³-hybridized carbons (Fsp3) is 0.875. The van der Waals surface area contributed by atoms with Gasteiger partial charge in [-0.1, -0.05) is 0 Å². The molecule has 23 heavy (non-hydrogen) atoms. The third-order valence-corrected chi connectivity index (χ3v) is 5.39. The monoisotopic (exact) mass is 344 g/mol. The first kappa shape index (κ1) is 18.3. The minimum atomic E-state index is 0. The maximum Gasteiger partial charge on any atom is 0.320 e. The molecule has 3 aliphatic heterocycles. The molecule has 3 aliphatic rings. The first-order chi connectivity index (χ1) is 10.7. The Balaban J connectivity index is 0.00000192. The molecule has 0 unspecified atom stereocenters. The molecule has 0 bridgehead atoms. The van der Waals surface area contributed by atoms with Crippen LogP contribution < -0.4 is 5.32 Å². The molecule has 3 rings (SSSR count). The lowest BCUT2D eigenvalue weighted by Crippen LogP contribution is -2.59. The topological polar surface area (TPSA) is 55.9 Å². The number of nitrogens with zero attached hydrogens (tertiary/aromatic N) is 3. The van der Waals surface area contributed by atoms with Gasteiger partial charge in [-0.05, 0) is 38.6 Å². The highest BCUT2D eigenvalue weighted by Crippen LogP contribution is 2.31. The molecule has 0 spiro atoms. The minimum Gasteiger partial charge on any atom is -0.338 e. The lowest BCUT2D eigenvalue weighted by molar-refractivity contribution is -0.140. The third-order valence-electron chi connectivity index (χ3n) is 5.39. The van der Waals surface area contributed by atoms with Crippen LogP contribution >= 0.6 is 12.4 Å². The van der Waals surface area contributed by atoms with E-state index in [1.165, 1.54) is 0 Å². The Kier molecular flexibility index (Phi) is 6.53. The van der Waals surface area contributed by atoms with Gasteiger partial charge >= 0.3 is 6.03 Å². The second-order valence-electron chi connectivity index (χ2n) is 6.77. The molecule has 132 valence electrons. The lowest BCUT2D eigenvalue weighted by Gasteiger charge is -2.47. The van der Waals surface area contributed by atoms with Gasteiger partial charge in [-0.15, -0.1) is 12.4 Å². The molecule has 3 fully saturated rings. The summed E-state index contributed by atoms with van der Waals surface area (Å²) in [5.41, 5.74) is 0. The Labute approximate surface area is 145 Å². The van der Waals surface area contributed by atoms with Crippen molar-refractivity contribution in [3.8, 4) is 0 Å². The van der Waals surface area contributed by atoms with E-state index in [-0.39, 0.29) is 24.3 Å². The van der Waals surface area contributed by atoms with Gasteiger partial charge in [-0.25, -0.2) is 4.79 Å². The number of likely N-dealkylation sites (tertiary alicyclic amines) is 3. The molecular weight excluding hydrogens is 316 g/mol. The van der Waals surface area contributed by atoms with Crippen LogP contribution in [0.2, 0.25) is 0 Å². The third kappa shape index (κ3) is 3.91. The van der Waals surface area contributed by atoms with Gasteiger partial charge in [0, 0.05) is 51.7 Å². The van der Waals surface area contributed by atoms with Crippen molar-refractivity contribution in [2.45, 2.75) is 38.1 Å². The largest absolute Gasteiger partial charge is 0.338 e. The molecule has 0 aromatic heterocycles. The number of amides is 3. The number of carbonyl (C=O) groups is 2. The van der Waals surface area contributed by atoms with Crippen molar-refractivity contribution >= 4 is 24.3 Å². The fourth-order valence-electron chi connectivity index (χ4n) is 4.16. The number of halogens is 1. The van der Waals surface area contributed by atoms with E-state index in [1.807, 2.05) is 16.8 Å². The van der Waals surface area contributed by atoms with Gasteiger partial charge in [0.1, 0.15) is 0 Å². The first-order valence-corrected chi connectivity index (χ1v) is 8.68. The van der Waals surface area contributed by atoms with Crippen molar-refractivity contribution in [3.05, 3.63) is 0 Å². The summed E-state index contributed by atoms with van der Waals surface area (Å²) in [7, 11) is 1.92. The average Bonchev–Trinajstić information content (AvgIpc) is 3.07. The Hall–Kier alpha value is -1.01. The molecule has 3 heterocycles. The molecule has 2 atom stereocenters. The SMILES string of the molecule is CNCCN1C(=O)CC[C@H]2CN(C(=O)N3CCCC3)CC[C@H]21.Cl. The normalized spacial score (nSPS) is 27.7. The van der Waals surface area contributed by atoms with Crippen LogP contribution in [0.5, 0.6) is 0 Å². The van der Waals surface area contributed by atoms with Gasteiger partial charge in [0.05, 0.1) is 0 Å². The van der Waals surface area contributed by atoms with Gasteiger partial charge in [0.25, 0.3) is 0 Å². The van der Waals surface area contributed by atoms with Crippen molar-refractivity contribution in [1.29, 1.82) is 0 Å². The first-order valence-electron chi connectivity index (χ1n) is 8.68. The van der Waals surface area contributed by atoms with Gasteiger partial charge in [0.2, 0.25) is 5.91 Å². The average molecular weight is 345 g/mol. The van der Waals surface area contributed by atoms with Gasteiger partial charge in [-0.3, -0.25) is 4.79 Å². The summed E-state index contributed by atoms with van der Waals surface area (Å²) in [6, 6.07) is 0.548. The Bertz CT molecular complexity index is 428. The molecule has 6 nitrogen and oxygen atoms in total. The number of nitrogens with one attached hydrogen (secondary N) is 1. The van der Waals surface area contributed by atoms with Gasteiger partial charge in [-0.2, -0.15) is 0 Å². The number of carbonyl (C=O) groups excluding carboxylic acids is 2. The highest BCUT2D eigenvalue weighted by Gasteiger charge is 2.40. The Morgan fingerprint density at radius 2 is 1.91 bits per heavy atom. The summed E-state index contributed by atoms with van der Waals surface area (Å²) < 4.78 is 0. The van der Waals surface area contributed by atoms with Crippen molar-refractivity contribution < 1.29 is 9.59 Å². The van der Waals surface area contributed by atoms with Crippen LogP contribution in [0.3, 0.4) is 0 Å². The minimum absolute atomic E-state index is 0. The van der Waals surface area contributed by atoms with Gasteiger partial charge in [0.15, 0.2) is 0 Å². The quantitative estimate of drug-likeness (QED) is 0.835. The van der Waals surface area contributed by atoms with Crippen molar-refractivity contribution in [2.24, 2.45) is 5.92 Å². The smallest absolute Gasteiger partial charge is 0.320 e. The number of urea groups is 1. The summed E-state index contributed by atoms with van der Waals surface area (Å²) in [5, 5.41) is 3.13. The molecule has 0 saturated carbocycles. The van der Waals surface area contributed by atoms with E-state index in [4.69, 9.17) is 0 Å². The summed E-state index contributed by atoms with van der Waals surface area (Å²) in [6.45, 7) is 5.07. The highest BCUT2D eigenvalue weighted by molar-refractivity contribution is 5.85. The van der Waals surface area contributed by atoms with E-state index in [1.54, 1.807) is 0 Å². The van der Waals surface area contributed by atoms with E-state index in [2.05, 4.69) is 10.2 Å². The van der Waals surface area contributed by atoms with E-state index in [0.717, 1.165) is 65.0 Å². The predicted molar refractivity (Wildman–Crippen MR) is 91.8 cm³/mol. The van der Waals surface area contributed by atoms with Crippen molar-refractivity contribution in [2.75, 3.05) is 46.3 Å². The van der Waals surface area contributed by atoms with Crippen molar-refractivity contribution in [1.82, 2.24) is 20.0 Å². The second-order valence-corrected chi connectivity index (χ2v) is 6.77. The van der Waals surface area contributed by atoms with Crippen LogP contribution in [0.4, 0.5) is 4.79 Å². The number of rotatable bonds is 3. The molecule has 0 radical (unpaired) electrons. The number of fused-ring (bicyclic) bond motifs is 1. The van der Waals surface area contributed by atoms with Crippen molar-refractivity contribution in [3.63, 3.8) is 0 Å². The van der Waals surface area contributed by atoms with E-state index >= 15 is 0 Å². The zero-order valence-corrected chi connectivity index (χ0v) is 14.8. The summed E-state index contributed by atoms with van der Waals surface area (Å²) in [4.78, 5) is 30.8. The fourth-order valence-corrected chi connectivity index (χ4v) is 4.16. The standard InChI is InChI=1S/C16H28N4O2.ClH/c1-17-7-11-20-14-6-10-19(12-13(14)4-5-15(20)21)16(22)18-8-2-3-9-18;/h13-14,17H,2-12H2,1H3;1H/t13-,14+;/m0./s1. The lowest BCUT2D eigenvalue weighted by atomic mass is 9.83. The molecule has 1 N–H and O–H groups in total. The number of hydrogen-bond donors (Lipinski definition) is 1. The van der Waals surface area contributed by atoms with Crippen LogP contribution in [-0.2, 0) is 4.79 Å². The maximum atomic E-state index is 12.6. The van der Waals surface area contributed by atoms with E-state index in [0.29, 0.717) is 18.4 Å². The zero-order valence-electron chi connectivity index (χ0n) is 14.0. The Morgan fingerprint density at radius 1 is 1.17 bits per heavy atom. The second kappa shape index (κ2) is 8.20. The maximum absolute atomic E-state index is 12.6. The van der Waals surface area contributed by atoms with E-state index in [9.17, 15) is 9.59 Å².